The summed E-state index contributed by atoms with van der Waals surface area (Å²) < 4.78 is 13.7. The van der Waals surface area contributed by atoms with E-state index in [9.17, 15) is 9.18 Å². The number of halogens is 1. The highest BCUT2D eigenvalue weighted by Crippen LogP contribution is 2.18. The Morgan fingerprint density at radius 2 is 1.95 bits per heavy atom. The maximum Gasteiger partial charge on any atom is 0.258 e. The second kappa shape index (κ2) is 5.54. The fourth-order valence-corrected chi connectivity index (χ4v) is 1.82. The lowest BCUT2D eigenvalue weighted by Gasteiger charge is -2.09. The Labute approximate surface area is 116 Å². The first-order valence-electron chi connectivity index (χ1n) is 6.09. The predicted octanol–water partition coefficient (Wildman–Crippen LogP) is 3.57. The number of nitriles is 1. The van der Waals surface area contributed by atoms with Gasteiger partial charge in [0.1, 0.15) is 5.82 Å². The number of hydrogen-bond donors (Lipinski definition) is 1. The van der Waals surface area contributed by atoms with Crippen molar-refractivity contribution in [2.75, 3.05) is 5.32 Å². The molecule has 0 bridgehead atoms. The summed E-state index contributed by atoms with van der Waals surface area (Å²) in [6.45, 7) is 3.56. The van der Waals surface area contributed by atoms with E-state index in [2.05, 4.69) is 5.32 Å². The van der Waals surface area contributed by atoms with Crippen LogP contribution in [0.5, 0.6) is 0 Å². The molecule has 0 unspecified atom stereocenters. The molecule has 1 amide bonds. The number of carbonyl (C=O) groups excluding carboxylic acids is 1. The van der Waals surface area contributed by atoms with Crippen LogP contribution in [0.2, 0.25) is 0 Å². The van der Waals surface area contributed by atoms with Crippen molar-refractivity contribution in [3.8, 4) is 6.07 Å². The molecule has 0 aliphatic rings. The quantitative estimate of drug-likeness (QED) is 0.905. The van der Waals surface area contributed by atoms with Gasteiger partial charge in [-0.1, -0.05) is 12.1 Å². The molecule has 0 saturated heterocycles. The monoisotopic (exact) mass is 268 g/mol. The van der Waals surface area contributed by atoms with Gasteiger partial charge in [-0.2, -0.15) is 5.26 Å². The molecule has 4 heteroatoms. The van der Waals surface area contributed by atoms with Gasteiger partial charge in [0.25, 0.3) is 5.91 Å². The molecular formula is C16H13FN2O. The maximum atomic E-state index is 13.7. The fraction of sp³-hybridized carbons (Fsp3) is 0.125. The Hall–Kier alpha value is -2.67. The summed E-state index contributed by atoms with van der Waals surface area (Å²) in [5, 5.41) is 11.5. The third-order valence-corrected chi connectivity index (χ3v) is 2.98. The zero-order valence-corrected chi connectivity index (χ0v) is 11.2. The summed E-state index contributed by atoms with van der Waals surface area (Å²) in [7, 11) is 0. The van der Waals surface area contributed by atoms with Gasteiger partial charge in [0.15, 0.2) is 0 Å². The van der Waals surface area contributed by atoms with Gasteiger partial charge in [-0.05, 0) is 49.2 Å². The first kappa shape index (κ1) is 13.8. The van der Waals surface area contributed by atoms with Gasteiger partial charge in [0.05, 0.1) is 17.2 Å². The van der Waals surface area contributed by atoms with Gasteiger partial charge in [0, 0.05) is 5.69 Å². The molecule has 0 saturated carbocycles. The van der Waals surface area contributed by atoms with Gasteiger partial charge in [-0.25, -0.2) is 4.39 Å². The number of aryl methyl sites for hydroxylation is 2. The Kier molecular flexibility index (Phi) is 3.81. The fourth-order valence-electron chi connectivity index (χ4n) is 1.82. The van der Waals surface area contributed by atoms with Crippen LogP contribution in [0.15, 0.2) is 36.4 Å². The smallest absolute Gasteiger partial charge is 0.258 e. The third kappa shape index (κ3) is 2.83. The summed E-state index contributed by atoms with van der Waals surface area (Å²) in [6, 6.07) is 11.4. The average Bonchev–Trinajstić information content (AvgIpc) is 2.41. The second-order valence-electron chi connectivity index (χ2n) is 4.58. The lowest BCUT2D eigenvalue weighted by Crippen LogP contribution is -2.14. The first-order valence-corrected chi connectivity index (χ1v) is 6.09. The van der Waals surface area contributed by atoms with Gasteiger partial charge in [-0.3, -0.25) is 4.79 Å². The molecule has 0 heterocycles. The molecule has 100 valence electrons. The highest BCUT2D eigenvalue weighted by Gasteiger charge is 2.13. The third-order valence-electron chi connectivity index (χ3n) is 2.98. The van der Waals surface area contributed by atoms with Crippen molar-refractivity contribution in [3.63, 3.8) is 0 Å². The number of rotatable bonds is 2. The minimum absolute atomic E-state index is 0.0163. The molecule has 3 nitrogen and oxygen atoms in total. The van der Waals surface area contributed by atoms with Crippen molar-refractivity contribution in [3.05, 3.63) is 64.5 Å². The molecule has 0 aliphatic heterocycles. The zero-order valence-electron chi connectivity index (χ0n) is 11.2. The van der Waals surface area contributed by atoms with Crippen molar-refractivity contribution in [2.45, 2.75) is 13.8 Å². The first-order chi connectivity index (χ1) is 9.51. The Bertz CT molecular complexity index is 717. The van der Waals surface area contributed by atoms with Crippen molar-refractivity contribution >= 4 is 11.6 Å². The topological polar surface area (TPSA) is 52.9 Å². The van der Waals surface area contributed by atoms with Crippen LogP contribution in [0, 0.1) is 31.0 Å². The van der Waals surface area contributed by atoms with E-state index in [0.29, 0.717) is 11.3 Å². The number of amides is 1. The molecule has 0 atom stereocenters. The maximum absolute atomic E-state index is 13.7. The van der Waals surface area contributed by atoms with Crippen LogP contribution in [0.1, 0.15) is 27.0 Å². The van der Waals surface area contributed by atoms with E-state index in [1.165, 1.54) is 12.1 Å². The van der Waals surface area contributed by atoms with Crippen LogP contribution >= 0.6 is 0 Å². The Morgan fingerprint density at radius 1 is 1.20 bits per heavy atom. The van der Waals surface area contributed by atoms with Crippen LogP contribution in [-0.4, -0.2) is 5.91 Å². The molecule has 2 rings (SSSR count). The summed E-state index contributed by atoms with van der Waals surface area (Å²) >= 11 is 0. The molecule has 20 heavy (non-hydrogen) atoms. The van der Waals surface area contributed by atoms with Crippen LogP contribution in [0.4, 0.5) is 10.1 Å². The summed E-state index contributed by atoms with van der Waals surface area (Å²) in [4.78, 5) is 12.1. The molecule has 0 fully saturated rings. The number of benzene rings is 2. The summed E-state index contributed by atoms with van der Waals surface area (Å²) in [5.41, 5.74) is 2.49. The lowest BCUT2D eigenvalue weighted by atomic mass is 10.1. The van der Waals surface area contributed by atoms with Crippen LogP contribution in [-0.2, 0) is 0 Å². The van der Waals surface area contributed by atoms with Crippen molar-refractivity contribution in [1.82, 2.24) is 0 Å². The average molecular weight is 268 g/mol. The van der Waals surface area contributed by atoms with E-state index >= 15 is 0 Å². The van der Waals surface area contributed by atoms with Gasteiger partial charge >= 0.3 is 0 Å². The Balaban J connectivity index is 2.30. The highest BCUT2D eigenvalue weighted by molar-refractivity contribution is 6.04. The number of nitrogens with one attached hydrogen (secondary N) is 1. The number of nitrogens with zero attached hydrogens (tertiary/aromatic N) is 1. The molecular weight excluding hydrogens is 255 g/mol. The van der Waals surface area contributed by atoms with E-state index in [1.54, 1.807) is 31.2 Å². The minimum Gasteiger partial charge on any atom is -0.322 e. The van der Waals surface area contributed by atoms with Gasteiger partial charge in [-0.15, -0.1) is 0 Å². The highest BCUT2D eigenvalue weighted by atomic mass is 19.1. The van der Waals surface area contributed by atoms with E-state index in [4.69, 9.17) is 5.26 Å². The molecule has 2 aromatic carbocycles. The Morgan fingerprint density at radius 3 is 2.60 bits per heavy atom. The number of hydrogen-bond acceptors (Lipinski definition) is 2. The second-order valence-corrected chi connectivity index (χ2v) is 4.58. The molecule has 0 radical (unpaired) electrons. The van der Waals surface area contributed by atoms with Crippen molar-refractivity contribution < 1.29 is 9.18 Å². The minimum atomic E-state index is -0.559. The molecule has 0 aromatic heterocycles. The summed E-state index contributed by atoms with van der Waals surface area (Å²) in [6.07, 6.45) is 0. The zero-order chi connectivity index (χ0) is 14.7. The van der Waals surface area contributed by atoms with E-state index in [0.717, 1.165) is 11.1 Å². The van der Waals surface area contributed by atoms with Crippen molar-refractivity contribution in [1.29, 1.82) is 5.26 Å². The predicted molar refractivity (Wildman–Crippen MR) is 75.0 cm³/mol. The number of anilines is 1. The van der Waals surface area contributed by atoms with Gasteiger partial charge in [0.2, 0.25) is 0 Å². The number of carbonyl (C=O) groups is 1. The SMILES string of the molecule is Cc1ccc(C(=O)Nc2cc(C#N)ccc2C)c(F)c1. The van der Waals surface area contributed by atoms with Crippen molar-refractivity contribution in [2.24, 2.45) is 0 Å². The molecule has 2 aromatic rings. The van der Waals surface area contributed by atoms with Gasteiger partial charge < -0.3 is 5.32 Å². The normalized spacial score (nSPS) is 9.90. The van der Waals surface area contributed by atoms with Crippen LogP contribution in [0.25, 0.3) is 0 Å². The van der Waals surface area contributed by atoms with Crippen LogP contribution in [0.3, 0.4) is 0 Å². The molecule has 0 aliphatic carbocycles. The van der Waals surface area contributed by atoms with E-state index in [1.807, 2.05) is 13.0 Å². The van der Waals surface area contributed by atoms with Crippen LogP contribution < -0.4 is 5.32 Å². The van der Waals surface area contributed by atoms with E-state index < -0.39 is 11.7 Å². The summed E-state index contributed by atoms with van der Waals surface area (Å²) in [5.74, 6) is -1.09. The lowest BCUT2D eigenvalue weighted by molar-refractivity contribution is 0.102. The largest absolute Gasteiger partial charge is 0.322 e. The standard InChI is InChI=1S/C16H13FN2O/c1-10-3-6-13(14(17)7-10)16(20)19-15-8-12(9-18)5-4-11(15)2/h3-8H,1-2H3,(H,19,20). The molecule has 0 spiro atoms. The van der Waals surface area contributed by atoms with E-state index in [-0.39, 0.29) is 5.56 Å². The molecule has 1 N–H and O–H groups in total.